The van der Waals surface area contributed by atoms with E-state index in [-0.39, 0.29) is 24.7 Å². The number of primary amides is 1. The minimum Gasteiger partial charge on any atom is -0.356 e. The lowest BCUT2D eigenvalue weighted by Gasteiger charge is -2.25. The molecule has 12 heteroatoms. The second kappa shape index (κ2) is 18.0. The van der Waals surface area contributed by atoms with Crippen LogP contribution in [0.15, 0.2) is 90.4 Å². The van der Waals surface area contributed by atoms with E-state index >= 15 is 0 Å². The molecule has 0 aliphatic heterocycles. The number of nitrogens with one attached hydrogen (secondary N) is 5. The van der Waals surface area contributed by atoms with E-state index in [1.165, 1.54) is 12.5 Å². The van der Waals surface area contributed by atoms with Crippen LogP contribution < -0.4 is 27.1 Å². The fraction of sp³-hybridized carbons (Fsp3) is 0.333. The molecule has 12 nitrogen and oxygen atoms in total. The number of aromatic amines is 1. The summed E-state index contributed by atoms with van der Waals surface area (Å²) >= 11 is 0. The Morgan fingerprint density at radius 3 is 2.40 bits per heavy atom. The van der Waals surface area contributed by atoms with Crippen LogP contribution in [-0.2, 0) is 33.6 Å². The standard InChI is InChI=1S/C36H44N8O4/c1-24(2)17-30(22-41-44-36(37)48)42-35(47)32(20-29-21-38-23-40-29)43-34(46)28(18-27-13-8-12-26-11-6-7-14-31(26)27)19-33(45)39-16-15-25-9-4-3-5-10-25/h3-14,21-24,28,30,32H,15-20H2,1-2H3,(H,38,40)(H,39,45)(H,42,47)(H,43,46)(H3,37,44,48)/t28?,30-,32-/m0/s1. The minimum atomic E-state index is -0.999. The van der Waals surface area contributed by atoms with E-state index in [1.54, 1.807) is 6.20 Å². The number of rotatable bonds is 17. The Morgan fingerprint density at radius 1 is 0.917 bits per heavy atom. The molecule has 0 aliphatic rings. The molecule has 1 unspecified atom stereocenters. The van der Waals surface area contributed by atoms with Crippen molar-refractivity contribution in [2.24, 2.45) is 22.7 Å². The molecule has 0 spiro atoms. The van der Waals surface area contributed by atoms with Crippen molar-refractivity contribution < 1.29 is 19.2 Å². The van der Waals surface area contributed by atoms with Crippen molar-refractivity contribution in [3.63, 3.8) is 0 Å². The molecule has 252 valence electrons. The Hall–Kier alpha value is -5.52. The normalized spacial score (nSPS) is 13.1. The van der Waals surface area contributed by atoms with Crippen LogP contribution in [0.25, 0.3) is 10.8 Å². The van der Waals surface area contributed by atoms with Crippen molar-refractivity contribution in [2.45, 2.75) is 58.0 Å². The molecule has 3 aromatic carbocycles. The lowest BCUT2D eigenvalue weighted by molar-refractivity contribution is -0.133. The number of hydrogen-bond acceptors (Lipinski definition) is 6. The van der Waals surface area contributed by atoms with Crippen LogP contribution >= 0.6 is 0 Å². The first-order chi connectivity index (χ1) is 23.2. The van der Waals surface area contributed by atoms with E-state index in [4.69, 9.17) is 5.73 Å². The molecule has 0 bridgehead atoms. The number of benzene rings is 3. The predicted molar refractivity (Wildman–Crippen MR) is 186 cm³/mol. The third kappa shape index (κ3) is 11.4. The third-order valence-electron chi connectivity index (χ3n) is 7.82. The molecule has 0 fully saturated rings. The highest BCUT2D eigenvalue weighted by Gasteiger charge is 2.29. The minimum absolute atomic E-state index is 0.0658. The summed E-state index contributed by atoms with van der Waals surface area (Å²) in [5, 5.41) is 14.7. The molecular formula is C36H44N8O4. The van der Waals surface area contributed by atoms with E-state index in [9.17, 15) is 19.2 Å². The van der Waals surface area contributed by atoms with Crippen LogP contribution in [0.2, 0.25) is 0 Å². The molecule has 0 saturated heterocycles. The Bertz CT molecular complexity index is 1670. The molecular weight excluding hydrogens is 608 g/mol. The summed E-state index contributed by atoms with van der Waals surface area (Å²) in [6.45, 7) is 4.40. The SMILES string of the molecule is CC(C)C[C@@H](C=NNC(N)=O)NC(=O)[C@H](Cc1cnc[nH]1)NC(=O)C(CC(=O)NCCc1ccccc1)Cc1cccc2ccccc12. The van der Waals surface area contributed by atoms with Gasteiger partial charge in [-0.2, -0.15) is 5.10 Å². The number of hydrazone groups is 1. The van der Waals surface area contributed by atoms with Crippen LogP contribution in [0.1, 0.15) is 43.5 Å². The molecule has 48 heavy (non-hydrogen) atoms. The number of fused-ring (bicyclic) bond motifs is 1. The number of aromatic nitrogens is 2. The molecule has 4 rings (SSSR count). The van der Waals surface area contributed by atoms with Crippen molar-refractivity contribution in [3.8, 4) is 0 Å². The van der Waals surface area contributed by atoms with Gasteiger partial charge in [0.05, 0.1) is 18.3 Å². The topological polar surface area (TPSA) is 183 Å². The highest BCUT2D eigenvalue weighted by Crippen LogP contribution is 2.23. The zero-order chi connectivity index (χ0) is 34.3. The number of hydrogen-bond donors (Lipinski definition) is 6. The number of amides is 5. The van der Waals surface area contributed by atoms with E-state index in [2.05, 4.69) is 36.4 Å². The molecule has 4 aromatic rings. The largest absolute Gasteiger partial charge is 0.356 e. The number of carbonyl (C=O) groups is 4. The van der Waals surface area contributed by atoms with Crippen LogP contribution in [0.3, 0.4) is 0 Å². The summed E-state index contributed by atoms with van der Waals surface area (Å²) < 4.78 is 0. The van der Waals surface area contributed by atoms with E-state index < -0.39 is 35.8 Å². The molecule has 1 aromatic heterocycles. The van der Waals surface area contributed by atoms with Gasteiger partial charge in [0.2, 0.25) is 17.7 Å². The van der Waals surface area contributed by atoms with Gasteiger partial charge in [0.15, 0.2) is 0 Å². The summed E-state index contributed by atoms with van der Waals surface area (Å²) in [5.41, 5.74) is 9.94. The Balaban J connectivity index is 1.54. The Kier molecular flexibility index (Phi) is 13.2. The highest BCUT2D eigenvalue weighted by atomic mass is 16.2. The first kappa shape index (κ1) is 35.3. The summed E-state index contributed by atoms with van der Waals surface area (Å²) in [6, 6.07) is 21.3. The summed E-state index contributed by atoms with van der Waals surface area (Å²) in [5.74, 6) is -1.72. The van der Waals surface area contributed by atoms with Crippen LogP contribution in [0.4, 0.5) is 4.79 Å². The van der Waals surface area contributed by atoms with Crippen molar-refractivity contribution in [1.29, 1.82) is 0 Å². The zero-order valence-corrected chi connectivity index (χ0v) is 27.3. The maximum atomic E-state index is 14.1. The van der Waals surface area contributed by atoms with E-state index in [0.29, 0.717) is 31.5 Å². The number of nitrogens with two attached hydrogens (primary N) is 1. The lowest BCUT2D eigenvalue weighted by Crippen LogP contribution is -2.53. The molecule has 5 amide bonds. The van der Waals surface area contributed by atoms with Gasteiger partial charge >= 0.3 is 6.03 Å². The van der Waals surface area contributed by atoms with Gasteiger partial charge in [0.25, 0.3) is 0 Å². The average molecular weight is 653 g/mol. The zero-order valence-electron chi connectivity index (χ0n) is 27.3. The number of H-pyrrole nitrogens is 1. The van der Waals surface area contributed by atoms with Gasteiger partial charge in [0, 0.05) is 37.5 Å². The first-order valence-electron chi connectivity index (χ1n) is 16.1. The monoisotopic (exact) mass is 652 g/mol. The molecule has 0 saturated carbocycles. The second-order valence-corrected chi connectivity index (χ2v) is 12.2. The maximum Gasteiger partial charge on any atom is 0.332 e. The van der Waals surface area contributed by atoms with Crippen molar-refractivity contribution in [1.82, 2.24) is 31.3 Å². The van der Waals surface area contributed by atoms with E-state index in [0.717, 1.165) is 21.9 Å². The van der Waals surface area contributed by atoms with Gasteiger partial charge in [-0.3, -0.25) is 14.4 Å². The molecule has 1 heterocycles. The summed E-state index contributed by atoms with van der Waals surface area (Å²) in [7, 11) is 0. The third-order valence-corrected chi connectivity index (χ3v) is 7.82. The first-order valence-corrected chi connectivity index (χ1v) is 16.1. The van der Waals surface area contributed by atoms with Crippen molar-refractivity contribution in [2.75, 3.05) is 6.54 Å². The smallest absolute Gasteiger partial charge is 0.332 e. The van der Waals surface area contributed by atoms with Crippen LogP contribution in [-0.4, -0.2) is 58.6 Å². The molecule has 0 radical (unpaired) electrons. The maximum absolute atomic E-state index is 14.1. The fourth-order valence-electron chi connectivity index (χ4n) is 5.53. The fourth-order valence-corrected chi connectivity index (χ4v) is 5.53. The van der Waals surface area contributed by atoms with Crippen LogP contribution in [0, 0.1) is 11.8 Å². The number of imidazole rings is 1. The second-order valence-electron chi connectivity index (χ2n) is 12.2. The Morgan fingerprint density at radius 2 is 1.67 bits per heavy atom. The van der Waals surface area contributed by atoms with E-state index in [1.807, 2.05) is 86.6 Å². The Labute approximate surface area is 280 Å². The average Bonchev–Trinajstić information content (AvgIpc) is 3.57. The quantitative estimate of drug-likeness (QED) is 0.0754. The molecule has 7 N–H and O–H groups in total. The highest BCUT2D eigenvalue weighted by molar-refractivity contribution is 5.93. The van der Waals surface area contributed by atoms with Crippen LogP contribution in [0.5, 0.6) is 0 Å². The van der Waals surface area contributed by atoms with Gasteiger partial charge < -0.3 is 26.7 Å². The molecule has 0 aliphatic carbocycles. The van der Waals surface area contributed by atoms with Gasteiger partial charge in [-0.05, 0) is 47.1 Å². The van der Waals surface area contributed by atoms with Gasteiger partial charge in [-0.15, -0.1) is 0 Å². The van der Waals surface area contributed by atoms with Gasteiger partial charge in [-0.25, -0.2) is 15.2 Å². The summed E-state index contributed by atoms with van der Waals surface area (Å²) in [4.78, 5) is 59.2. The van der Waals surface area contributed by atoms with Crippen molar-refractivity contribution in [3.05, 3.63) is 102 Å². The molecule has 3 atom stereocenters. The number of urea groups is 1. The number of carbonyl (C=O) groups excluding carboxylic acids is 4. The summed E-state index contributed by atoms with van der Waals surface area (Å²) in [6.07, 6.45) is 6.03. The van der Waals surface area contributed by atoms with Gasteiger partial charge in [0.1, 0.15) is 6.04 Å². The number of nitrogens with zero attached hydrogens (tertiary/aromatic N) is 2. The predicted octanol–water partition coefficient (Wildman–Crippen LogP) is 3.38. The lowest BCUT2D eigenvalue weighted by atomic mass is 9.91. The van der Waals surface area contributed by atoms with Gasteiger partial charge in [-0.1, -0.05) is 86.6 Å². The van der Waals surface area contributed by atoms with Crippen molar-refractivity contribution >= 4 is 40.7 Å².